The van der Waals surface area contributed by atoms with Crippen molar-refractivity contribution in [3.05, 3.63) is 17.0 Å². The molecule has 1 heterocycles. The van der Waals surface area contributed by atoms with Gasteiger partial charge in [-0.1, -0.05) is 19.0 Å². The fourth-order valence-electron chi connectivity index (χ4n) is 1.13. The molecule has 4 heteroatoms. The molecule has 0 N–H and O–H groups in total. The Morgan fingerprint density at radius 1 is 1.54 bits per heavy atom. The quantitative estimate of drug-likeness (QED) is 0.657. The molecule has 0 fully saturated rings. The van der Waals surface area contributed by atoms with Crippen LogP contribution in [0.5, 0.6) is 0 Å². The Hall–Kier alpha value is -1.32. The van der Waals surface area contributed by atoms with Crippen molar-refractivity contribution in [1.29, 1.82) is 0 Å². The van der Waals surface area contributed by atoms with Gasteiger partial charge in [-0.15, -0.1) is 0 Å². The molecule has 13 heavy (non-hydrogen) atoms. The van der Waals surface area contributed by atoms with Gasteiger partial charge >= 0.3 is 5.97 Å². The molecule has 4 nitrogen and oxygen atoms in total. The van der Waals surface area contributed by atoms with Gasteiger partial charge < -0.3 is 9.26 Å². The average molecular weight is 183 g/mol. The third kappa shape index (κ3) is 1.71. The van der Waals surface area contributed by atoms with Crippen LogP contribution in [0.2, 0.25) is 0 Å². The Balaban J connectivity index is 3.16. The van der Waals surface area contributed by atoms with Gasteiger partial charge in [-0.05, 0) is 12.8 Å². The first-order chi connectivity index (χ1) is 6.07. The molecule has 1 aromatic rings. The van der Waals surface area contributed by atoms with Crippen molar-refractivity contribution in [2.24, 2.45) is 0 Å². The van der Waals surface area contributed by atoms with Gasteiger partial charge in [-0.2, -0.15) is 0 Å². The van der Waals surface area contributed by atoms with Crippen LogP contribution in [0.3, 0.4) is 0 Å². The number of methoxy groups -OCH3 is 1. The molecule has 1 rings (SSSR count). The molecule has 0 aliphatic rings. The SMILES string of the molecule is COC(=O)c1c(C(C)C)noc1C. The summed E-state index contributed by atoms with van der Waals surface area (Å²) in [5.41, 5.74) is 1.11. The maximum absolute atomic E-state index is 11.3. The van der Waals surface area contributed by atoms with Crippen LogP contribution in [0.4, 0.5) is 0 Å². The molecule has 0 saturated carbocycles. The lowest BCUT2D eigenvalue weighted by Crippen LogP contribution is -2.06. The lowest BCUT2D eigenvalue weighted by molar-refractivity contribution is 0.0597. The summed E-state index contributed by atoms with van der Waals surface area (Å²) >= 11 is 0. The second-order valence-electron chi connectivity index (χ2n) is 3.15. The summed E-state index contributed by atoms with van der Waals surface area (Å²) in [5.74, 6) is 0.282. The Bertz CT molecular complexity index is 315. The maximum atomic E-state index is 11.3. The number of hydrogen-bond donors (Lipinski definition) is 0. The van der Waals surface area contributed by atoms with Crippen molar-refractivity contribution in [3.63, 3.8) is 0 Å². The average Bonchev–Trinajstić information content (AvgIpc) is 2.46. The standard InChI is InChI=1S/C9H13NO3/c1-5(2)8-7(9(11)12-4)6(3)13-10-8/h5H,1-4H3. The first-order valence-electron chi connectivity index (χ1n) is 4.12. The van der Waals surface area contributed by atoms with Gasteiger partial charge in [-0.25, -0.2) is 4.79 Å². The number of carbonyl (C=O) groups excluding carboxylic acids is 1. The molecule has 0 atom stereocenters. The Kier molecular flexibility index (Phi) is 2.70. The van der Waals surface area contributed by atoms with Gasteiger partial charge in [0.25, 0.3) is 0 Å². The number of rotatable bonds is 2. The van der Waals surface area contributed by atoms with Crippen LogP contribution in [0, 0.1) is 6.92 Å². The maximum Gasteiger partial charge on any atom is 0.343 e. The second-order valence-corrected chi connectivity index (χ2v) is 3.15. The van der Waals surface area contributed by atoms with Gasteiger partial charge in [-0.3, -0.25) is 0 Å². The van der Waals surface area contributed by atoms with Crippen LogP contribution >= 0.6 is 0 Å². The fraction of sp³-hybridized carbons (Fsp3) is 0.556. The van der Waals surface area contributed by atoms with Crippen LogP contribution < -0.4 is 0 Å². The third-order valence-corrected chi connectivity index (χ3v) is 1.83. The fourth-order valence-corrected chi connectivity index (χ4v) is 1.13. The van der Waals surface area contributed by atoms with E-state index in [1.165, 1.54) is 7.11 Å². The molecule has 0 aliphatic heterocycles. The number of esters is 1. The van der Waals surface area contributed by atoms with Gasteiger partial charge in [0.2, 0.25) is 0 Å². The minimum Gasteiger partial charge on any atom is -0.465 e. The van der Waals surface area contributed by atoms with E-state index in [2.05, 4.69) is 9.89 Å². The van der Waals surface area contributed by atoms with E-state index in [4.69, 9.17) is 4.52 Å². The Labute approximate surface area is 76.9 Å². The molecule has 1 aromatic heterocycles. The van der Waals surface area contributed by atoms with Gasteiger partial charge in [0, 0.05) is 0 Å². The van der Waals surface area contributed by atoms with E-state index in [1.807, 2.05) is 13.8 Å². The second kappa shape index (κ2) is 3.60. The lowest BCUT2D eigenvalue weighted by Gasteiger charge is -2.02. The number of carbonyl (C=O) groups is 1. The highest BCUT2D eigenvalue weighted by Gasteiger charge is 2.22. The molecule has 0 unspecified atom stereocenters. The number of nitrogens with zero attached hydrogens (tertiary/aromatic N) is 1. The summed E-state index contributed by atoms with van der Waals surface area (Å²) in [6.07, 6.45) is 0. The molecule has 0 spiro atoms. The first-order valence-corrected chi connectivity index (χ1v) is 4.12. The third-order valence-electron chi connectivity index (χ3n) is 1.83. The molecule has 0 bridgehead atoms. The predicted octanol–water partition coefficient (Wildman–Crippen LogP) is 1.89. The largest absolute Gasteiger partial charge is 0.465 e. The number of aryl methyl sites for hydroxylation is 1. The van der Waals surface area contributed by atoms with E-state index < -0.39 is 0 Å². The van der Waals surface area contributed by atoms with Crippen LogP contribution in [-0.2, 0) is 4.74 Å². The molecule has 0 radical (unpaired) electrons. The normalized spacial score (nSPS) is 10.5. The molecular weight excluding hydrogens is 170 g/mol. The molecule has 72 valence electrons. The summed E-state index contributed by atoms with van der Waals surface area (Å²) in [7, 11) is 1.35. The van der Waals surface area contributed by atoms with Crippen molar-refractivity contribution >= 4 is 5.97 Å². The van der Waals surface area contributed by atoms with Gasteiger partial charge in [0.1, 0.15) is 17.0 Å². The van der Waals surface area contributed by atoms with Gasteiger partial charge in [0.15, 0.2) is 0 Å². The number of hydrogen-bond acceptors (Lipinski definition) is 4. The molecule has 0 saturated heterocycles. The summed E-state index contributed by atoms with van der Waals surface area (Å²) in [4.78, 5) is 11.3. The highest BCUT2D eigenvalue weighted by molar-refractivity contribution is 5.91. The van der Waals surface area contributed by atoms with Crippen molar-refractivity contribution in [3.8, 4) is 0 Å². The zero-order valence-corrected chi connectivity index (χ0v) is 8.25. The molecule has 0 aliphatic carbocycles. The lowest BCUT2D eigenvalue weighted by atomic mass is 10.0. The number of ether oxygens (including phenoxy) is 1. The van der Waals surface area contributed by atoms with Gasteiger partial charge in [0.05, 0.1) is 7.11 Å². The monoisotopic (exact) mass is 183 g/mol. The Morgan fingerprint density at radius 2 is 2.15 bits per heavy atom. The van der Waals surface area contributed by atoms with E-state index in [0.717, 1.165) is 0 Å². The van der Waals surface area contributed by atoms with E-state index in [1.54, 1.807) is 6.92 Å². The predicted molar refractivity (Wildman–Crippen MR) is 46.7 cm³/mol. The first kappa shape index (κ1) is 9.77. The van der Waals surface area contributed by atoms with E-state index >= 15 is 0 Å². The van der Waals surface area contributed by atoms with E-state index in [-0.39, 0.29) is 11.9 Å². The van der Waals surface area contributed by atoms with Crippen molar-refractivity contribution in [2.45, 2.75) is 26.7 Å². The van der Waals surface area contributed by atoms with E-state index in [0.29, 0.717) is 17.0 Å². The van der Waals surface area contributed by atoms with Crippen molar-refractivity contribution in [2.75, 3.05) is 7.11 Å². The zero-order valence-electron chi connectivity index (χ0n) is 8.25. The summed E-state index contributed by atoms with van der Waals surface area (Å²) in [6, 6.07) is 0. The minimum atomic E-state index is -0.387. The smallest absolute Gasteiger partial charge is 0.343 e. The molecule has 0 amide bonds. The van der Waals surface area contributed by atoms with Crippen LogP contribution in [0.1, 0.15) is 41.6 Å². The Morgan fingerprint density at radius 3 is 2.62 bits per heavy atom. The zero-order chi connectivity index (χ0) is 10.0. The van der Waals surface area contributed by atoms with Crippen LogP contribution in [-0.4, -0.2) is 18.2 Å². The highest BCUT2D eigenvalue weighted by atomic mass is 16.5. The molecule has 0 aromatic carbocycles. The summed E-state index contributed by atoms with van der Waals surface area (Å²) in [6.45, 7) is 5.60. The van der Waals surface area contributed by atoms with Crippen molar-refractivity contribution in [1.82, 2.24) is 5.16 Å². The summed E-state index contributed by atoms with van der Waals surface area (Å²) in [5, 5.41) is 3.81. The summed E-state index contributed by atoms with van der Waals surface area (Å²) < 4.78 is 9.56. The topological polar surface area (TPSA) is 52.3 Å². The van der Waals surface area contributed by atoms with Crippen LogP contribution in [0.15, 0.2) is 4.52 Å². The minimum absolute atomic E-state index is 0.159. The van der Waals surface area contributed by atoms with Crippen molar-refractivity contribution < 1.29 is 14.1 Å². The highest BCUT2D eigenvalue weighted by Crippen LogP contribution is 2.21. The molecular formula is C9H13NO3. The number of aromatic nitrogens is 1. The van der Waals surface area contributed by atoms with E-state index in [9.17, 15) is 4.79 Å². The van der Waals surface area contributed by atoms with Crippen LogP contribution in [0.25, 0.3) is 0 Å².